The smallest absolute Gasteiger partial charge is 0.271 e. The van der Waals surface area contributed by atoms with Gasteiger partial charge in [0.2, 0.25) is 0 Å². The van der Waals surface area contributed by atoms with Crippen LogP contribution < -0.4 is 20.9 Å². The van der Waals surface area contributed by atoms with Crippen molar-refractivity contribution in [1.82, 2.24) is 24.9 Å². The van der Waals surface area contributed by atoms with Gasteiger partial charge in [0.25, 0.3) is 5.91 Å². The van der Waals surface area contributed by atoms with Crippen molar-refractivity contribution in [3.05, 3.63) is 65.9 Å². The van der Waals surface area contributed by atoms with Gasteiger partial charge >= 0.3 is 0 Å². The van der Waals surface area contributed by atoms with E-state index in [1.807, 2.05) is 24.3 Å². The summed E-state index contributed by atoms with van der Waals surface area (Å²) in [5.74, 6) is 0.934. The van der Waals surface area contributed by atoms with Gasteiger partial charge in [0.15, 0.2) is 23.4 Å². The molecule has 3 aromatic rings. The Morgan fingerprint density at radius 1 is 1.29 bits per heavy atom. The number of aliphatic hydroxyl groups excluding tert-OH is 1. The number of methoxy groups -OCH3 is 1. The van der Waals surface area contributed by atoms with Crippen LogP contribution in [0.3, 0.4) is 0 Å². The maximum Gasteiger partial charge on any atom is 0.271 e. The molecule has 1 saturated carbocycles. The zero-order valence-corrected chi connectivity index (χ0v) is 19.2. The molecule has 11 nitrogen and oxygen atoms in total. The van der Waals surface area contributed by atoms with Crippen LogP contribution in [0.4, 0.5) is 17.3 Å². The summed E-state index contributed by atoms with van der Waals surface area (Å²) in [6.45, 7) is 0.735. The van der Waals surface area contributed by atoms with E-state index in [2.05, 4.69) is 25.9 Å². The van der Waals surface area contributed by atoms with Gasteiger partial charge in [-0.3, -0.25) is 4.79 Å². The number of imidazole rings is 1. The third kappa shape index (κ3) is 3.69. The largest absolute Gasteiger partial charge is 0.381 e. The summed E-state index contributed by atoms with van der Waals surface area (Å²) < 4.78 is 6.96. The average molecular weight is 475 g/mol. The minimum absolute atomic E-state index is 0.0184. The predicted octanol–water partition coefficient (Wildman–Crippen LogP) is 1.65. The zero-order valence-electron chi connectivity index (χ0n) is 19.2. The highest BCUT2D eigenvalue weighted by atomic mass is 16.5. The number of nitrogens with zero attached hydrogens (tertiary/aromatic N) is 5. The number of rotatable bonds is 6. The van der Waals surface area contributed by atoms with Crippen molar-refractivity contribution < 1.29 is 14.6 Å². The summed E-state index contributed by atoms with van der Waals surface area (Å²) in [4.78, 5) is 23.5. The van der Waals surface area contributed by atoms with E-state index in [1.165, 1.54) is 0 Å². The van der Waals surface area contributed by atoms with E-state index < -0.39 is 6.23 Å². The molecule has 3 aromatic heterocycles. The van der Waals surface area contributed by atoms with Crippen molar-refractivity contribution in [2.75, 3.05) is 29.2 Å². The number of hydrogen-bond donors (Lipinski definition) is 4. The van der Waals surface area contributed by atoms with Crippen LogP contribution >= 0.6 is 0 Å². The average Bonchev–Trinajstić information content (AvgIpc) is 3.51. The van der Waals surface area contributed by atoms with Gasteiger partial charge in [-0.1, -0.05) is 6.07 Å². The van der Waals surface area contributed by atoms with Gasteiger partial charge in [0, 0.05) is 31.6 Å². The normalized spacial score (nSPS) is 22.9. The van der Waals surface area contributed by atoms with Crippen molar-refractivity contribution in [2.45, 2.75) is 37.6 Å². The molecule has 2 aliphatic heterocycles. The highest BCUT2D eigenvalue weighted by molar-refractivity contribution is 5.94. The number of carbonyl (C=O) groups is 1. The molecule has 0 bridgehead atoms. The van der Waals surface area contributed by atoms with E-state index in [4.69, 9.17) is 9.84 Å². The standard InChI is InChI=1S/C24H26N8O3/c1-35-18-8-7-15(18)29-23(33)17-13-27-22-20-14(9-11-26-20)21(30-32(17)22)28-16-5-4-12-31(24(16)34)19-6-2-3-10-25-19/h2-6,10,12-13,15,18,24,26,34H,7-9,11H2,1H3,(H,28,30)(H,29,33)/t15-,18-,24?/m0/s1. The van der Waals surface area contributed by atoms with Crippen molar-refractivity contribution in [3.8, 4) is 0 Å². The SMILES string of the molecule is CO[C@H]1CC[C@@H]1NC(=O)c1cnc2c3c(c(NC4=CC=CN(c5ccccn5)C4O)nn12)CCN3. The van der Waals surface area contributed by atoms with Crippen LogP contribution in [0, 0.1) is 0 Å². The molecule has 11 heteroatoms. The number of allylic oxidation sites excluding steroid dienone is 2. The highest BCUT2D eigenvalue weighted by Gasteiger charge is 2.33. The van der Waals surface area contributed by atoms with Gasteiger partial charge in [0.05, 0.1) is 29.7 Å². The number of anilines is 3. The quantitative estimate of drug-likeness (QED) is 0.421. The number of aliphatic hydroxyl groups is 1. The van der Waals surface area contributed by atoms with Gasteiger partial charge in [-0.05, 0) is 43.5 Å². The topological polar surface area (TPSA) is 129 Å². The molecule has 0 saturated heterocycles. The van der Waals surface area contributed by atoms with Gasteiger partial charge in [-0.2, -0.15) is 0 Å². The molecule has 1 unspecified atom stereocenters. The molecule has 3 atom stereocenters. The Hall–Kier alpha value is -3.96. The van der Waals surface area contributed by atoms with E-state index in [-0.39, 0.29) is 18.1 Å². The van der Waals surface area contributed by atoms with Crippen molar-refractivity contribution in [3.63, 3.8) is 0 Å². The molecule has 180 valence electrons. The molecule has 0 aromatic carbocycles. The van der Waals surface area contributed by atoms with E-state index in [1.54, 1.807) is 41.2 Å². The molecule has 5 heterocycles. The summed E-state index contributed by atoms with van der Waals surface area (Å²) >= 11 is 0. The first-order chi connectivity index (χ1) is 17.1. The van der Waals surface area contributed by atoms with E-state index in [0.717, 1.165) is 37.1 Å². The minimum Gasteiger partial charge on any atom is -0.381 e. The number of pyridine rings is 1. The van der Waals surface area contributed by atoms with E-state index in [0.29, 0.717) is 28.7 Å². The maximum atomic E-state index is 13.1. The number of amides is 1. The lowest BCUT2D eigenvalue weighted by Gasteiger charge is -2.35. The van der Waals surface area contributed by atoms with Crippen LogP contribution in [0.25, 0.3) is 5.65 Å². The Morgan fingerprint density at radius 2 is 2.20 bits per heavy atom. The van der Waals surface area contributed by atoms with E-state index in [9.17, 15) is 9.90 Å². The minimum atomic E-state index is -0.979. The predicted molar refractivity (Wildman–Crippen MR) is 130 cm³/mol. The highest BCUT2D eigenvalue weighted by Crippen LogP contribution is 2.33. The van der Waals surface area contributed by atoms with Gasteiger partial charge < -0.3 is 30.7 Å². The summed E-state index contributed by atoms with van der Waals surface area (Å²) in [6, 6.07) is 5.50. The summed E-state index contributed by atoms with van der Waals surface area (Å²) in [5.41, 5.74) is 3.28. The lowest BCUT2D eigenvalue weighted by atomic mass is 9.89. The second kappa shape index (κ2) is 8.67. The van der Waals surface area contributed by atoms with Crippen molar-refractivity contribution in [1.29, 1.82) is 0 Å². The number of fused-ring (bicyclic) bond motifs is 3. The first-order valence-corrected chi connectivity index (χ1v) is 11.6. The molecule has 0 radical (unpaired) electrons. The molecular formula is C24H26N8O3. The maximum absolute atomic E-state index is 13.1. The molecular weight excluding hydrogens is 448 g/mol. The van der Waals surface area contributed by atoms with Crippen molar-refractivity contribution in [2.24, 2.45) is 0 Å². The molecule has 1 amide bonds. The number of aromatic nitrogens is 4. The molecule has 35 heavy (non-hydrogen) atoms. The third-order valence-corrected chi connectivity index (χ3v) is 6.73. The van der Waals surface area contributed by atoms with Crippen LogP contribution in [0.15, 0.2) is 54.6 Å². The van der Waals surface area contributed by atoms with Crippen LogP contribution in [0.2, 0.25) is 0 Å². The molecule has 1 fully saturated rings. The Bertz CT molecular complexity index is 1330. The van der Waals surface area contributed by atoms with Gasteiger partial charge in [-0.25, -0.2) is 14.5 Å². The van der Waals surface area contributed by atoms with E-state index >= 15 is 0 Å². The molecule has 0 spiro atoms. The number of hydrogen-bond acceptors (Lipinski definition) is 9. The Kier molecular flexibility index (Phi) is 5.34. The fourth-order valence-electron chi connectivity index (χ4n) is 4.69. The first-order valence-electron chi connectivity index (χ1n) is 11.6. The van der Waals surface area contributed by atoms with Crippen LogP contribution in [0.1, 0.15) is 28.9 Å². The Balaban J connectivity index is 1.31. The van der Waals surface area contributed by atoms with Gasteiger partial charge in [-0.15, -0.1) is 5.10 Å². The molecule has 6 rings (SSSR count). The lowest BCUT2D eigenvalue weighted by molar-refractivity contribution is 0.00718. The second-order valence-corrected chi connectivity index (χ2v) is 8.75. The number of ether oxygens (including phenoxy) is 1. The Morgan fingerprint density at radius 3 is 2.97 bits per heavy atom. The monoisotopic (exact) mass is 474 g/mol. The summed E-state index contributed by atoms with van der Waals surface area (Å²) in [5, 5.41) is 25.5. The van der Waals surface area contributed by atoms with Crippen LogP contribution in [-0.4, -0.2) is 62.6 Å². The Labute approximate surface area is 201 Å². The molecule has 4 N–H and O–H groups in total. The van der Waals surface area contributed by atoms with Crippen LogP contribution in [0.5, 0.6) is 0 Å². The second-order valence-electron chi connectivity index (χ2n) is 8.75. The third-order valence-electron chi connectivity index (χ3n) is 6.73. The fourth-order valence-corrected chi connectivity index (χ4v) is 4.69. The molecule has 3 aliphatic rings. The zero-order chi connectivity index (χ0) is 23.9. The number of carbonyl (C=O) groups excluding carboxylic acids is 1. The van der Waals surface area contributed by atoms with Crippen molar-refractivity contribution >= 4 is 28.9 Å². The summed E-state index contributed by atoms with van der Waals surface area (Å²) in [7, 11) is 1.66. The number of nitrogens with one attached hydrogen (secondary N) is 3. The van der Waals surface area contributed by atoms with Gasteiger partial charge in [0.1, 0.15) is 5.82 Å². The van der Waals surface area contributed by atoms with Crippen LogP contribution in [-0.2, 0) is 11.2 Å². The fraction of sp³-hybridized carbons (Fsp3) is 0.333. The summed E-state index contributed by atoms with van der Waals surface area (Å²) in [6.07, 6.45) is 10.2. The molecule has 1 aliphatic carbocycles. The lowest BCUT2D eigenvalue weighted by Crippen LogP contribution is -2.51. The first kappa shape index (κ1) is 21.6.